The molecule has 196 valence electrons. The molecule has 2 aromatic carbocycles. The first-order valence-corrected chi connectivity index (χ1v) is 14.3. The molecule has 2 rings (SSSR count). The monoisotopic (exact) mass is 480 g/mol. The van der Waals surface area contributed by atoms with Crippen LogP contribution in [-0.4, -0.2) is 61.3 Å². The maximum atomic E-state index is 6.25. The number of nitrogens with zero attached hydrogens (tertiary/aromatic N) is 2. The Morgan fingerprint density at radius 1 is 0.543 bits per heavy atom. The van der Waals surface area contributed by atoms with Crippen LogP contribution in [0.25, 0.3) is 0 Å². The molecule has 0 N–H and O–H groups in total. The third kappa shape index (κ3) is 11.7. The van der Waals surface area contributed by atoms with E-state index in [4.69, 9.17) is 4.74 Å². The summed E-state index contributed by atoms with van der Waals surface area (Å²) < 4.78 is 6.25. The standard InChI is InChI=1S/C32H52N2O/c1-5-33(6-2)31(23-15-21-29-17-11-9-12-18-29)25-27-35-28-26-32(34(7-3)8-4)24-16-22-30-19-13-10-14-20-30/h9-14,17-20,31-32H,5-8,15-16,21-28H2,1-4H3. The van der Waals surface area contributed by atoms with Gasteiger partial charge in [-0.15, -0.1) is 0 Å². The van der Waals surface area contributed by atoms with E-state index in [2.05, 4.69) is 98.2 Å². The highest BCUT2D eigenvalue weighted by atomic mass is 16.5. The molecule has 0 amide bonds. The average Bonchev–Trinajstić information content (AvgIpc) is 2.90. The Morgan fingerprint density at radius 3 is 1.26 bits per heavy atom. The molecule has 0 saturated heterocycles. The molecule has 3 nitrogen and oxygen atoms in total. The molecule has 0 saturated carbocycles. The number of ether oxygens (including phenoxy) is 1. The van der Waals surface area contributed by atoms with Gasteiger partial charge in [-0.2, -0.15) is 0 Å². The van der Waals surface area contributed by atoms with Crippen molar-refractivity contribution in [3.8, 4) is 0 Å². The van der Waals surface area contributed by atoms with E-state index < -0.39 is 0 Å². The topological polar surface area (TPSA) is 15.7 Å². The number of rotatable bonds is 20. The number of benzene rings is 2. The predicted molar refractivity (Wildman–Crippen MR) is 152 cm³/mol. The normalized spacial score (nSPS) is 13.4. The van der Waals surface area contributed by atoms with Crippen LogP contribution in [0, 0.1) is 0 Å². The Bertz CT molecular complexity index is 664. The van der Waals surface area contributed by atoms with Crippen molar-refractivity contribution >= 4 is 0 Å². The van der Waals surface area contributed by atoms with Crippen LogP contribution in [0.3, 0.4) is 0 Å². The molecule has 0 spiro atoms. The van der Waals surface area contributed by atoms with Gasteiger partial charge in [0.1, 0.15) is 0 Å². The summed E-state index contributed by atoms with van der Waals surface area (Å²) in [6.45, 7) is 15.4. The summed E-state index contributed by atoms with van der Waals surface area (Å²) in [6.07, 6.45) is 9.62. The van der Waals surface area contributed by atoms with Crippen LogP contribution < -0.4 is 0 Å². The molecule has 2 aromatic rings. The minimum Gasteiger partial charge on any atom is -0.381 e. The lowest BCUT2D eigenvalue weighted by Crippen LogP contribution is -2.37. The van der Waals surface area contributed by atoms with Gasteiger partial charge in [0.2, 0.25) is 0 Å². The maximum absolute atomic E-state index is 6.25. The van der Waals surface area contributed by atoms with Crippen LogP contribution >= 0.6 is 0 Å². The van der Waals surface area contributed by atoms with Crippen molar-refractivity contribution in [1.29, 1.82) is 0 Å². The molecule has 0 bridgehead atoms. The summed E-state index contributed by atoms with van der Waals surface area (Å²) >= 11 is 0. The molecule has 0 aliphatic carbocycles. The fourth-order valence-electron chi connectivity index (χ4n) is 5.41. The lowest BCUT2D eigenvalue weighted by molar-refractivity contribution is 0.0755. The Balaban J connectivity index is 1.74. The van der Waals surface area contributed by atoms with Gasteiger partial charge in [-0.1, -0.05) is 88.4 Å². The zero-order valence-electron chi connectivity index (χ0n) is 23.1. The molecule has 0 aliphatic rings. The van der Waals surface area contributed by atoms with Gasteiger partial charge < -0.3 is 14.5 Å². The molecule has 0 heterocycles. The second kappa shape index (κ2) is 18.6. The van der Waals surface area contributed by atoms with Crippen molar-refractivity contribution in [1.82, 2.24) is 9.80 Å². The van der Waals surface area contributed by atoms with Gasteiger partial charge >= 0.3 is 0 Å². The first-order valence-electron chi connectivity index (χ1n) is 14.3. The summed E-state index contributed by atoms with van der Waals surface area (Å²) in [7, 11) is 0. The highest BCUT2D eigenvalue weighted by Gasteiger charge is 2.17. The first-order chi connectivity index (χ1) is 17.2. The first kappa shape index (κ1) is 29.5. The largest absolute Gasteiger partial charge is 0.381 e. The fourth-order valence-corrected chi connectivity index (χ4v) is 5.41. The minimum absolute atomic E-state index is 0.623. The molecule has 0 fully saturated rings. The van der Waals surface area contributed by atoms with Crippen molar-refractivity contribution < 1.29 is 4.74 Å². The summed E-state index contributed by atoms with van der Waals surface area (Å²) in [5.74, 6) is 0. The van der Waals surface area contributed by atoms with E-state index in [0.717, 1.165) is 52.2 Å². The van der Waals surface area contributed by atoms with Crippen LogP contribution in [0.4, 0.5) is 0 Å². The van der Waals surface area contributed by atoms with Gasteiger partial charge in [0.15, 0.2) is 0 Å². The van der Waals surface area contributed by atoms with Crippen LogP contribution in [0.2, 0.25) is 0 Å². The maximum Gasteiger partial charge on any atom is 0.0480 e. The molecular weight excluding hydrogens is 428 g/mol. The van der Waals surface area contributed by atoms with Crippen molar-refractivity contribution in [2.24, 2.45) is 0 Å². The summed E-state index contributed by atoms with van der Waals surface area (Å²) in [4.78, 5) is 5.24. The summed E-state index contributed by atoms with van der Waals surface area (Å²) in [5.41, 5.74) is 2.91. The van der Waals surface area contributed by atoms with Crippen molar-refractivity contribution in [2.45, 2.75) is 91.1 Å². The van der Waals surface area contributed by atoms with E-state index in [1.54, 1.807) is 0 Å². The fraction of sp³-hybridized carbons (Fsp3) is 0.625. The van der Waals surface area contributed by atoms with Crippen molar-refractivity contribution in [2.75, 3.05) is 39.4 Å². The van der Waals surface area contributed by atoms with E-state index >= 15 is 0 Å². The van der Waals surface area contributed by atoms with Crippen LogP contribution in [-0.2, 0) is 17.6 Å². The van der Waals surface area contributed by atoms with Gasteiger partial charge in [-0.25, -0.2) is 0 Å². The van der Waals surface area contributed by atoms with Crippen molar-refractivity contribution in [3.05, 3.63) is 71.8 Å². The summed E-state index contributed by atoms with van der Waals surface area (Å²) in [6, 6.07) is 23.1. The number of hydrogen-bond acceptors (Lipinski definition) is 3. The predicted octanol–water partition coefficient (Wildman–Crippen LogP) is 7.25. The highest BCUT2D eigenvalue weighted by molar-refractivity contribution is 5.15. The zero-order chi connectivity index (χ0) is 25.1. The molecule has 0 aliphatic heterocycles. The van der Waals surface area contributed by atoms with Crippen LogP contribution in [0.5, 0.6) is 0 Å². The molecule has 0 radical (unpaired) electrons. The Morgan fingerprint density at radius 2 is 0.914 bits per heavy atom. The Hall–Kier alpha value is -1.68. The van der Waals surface area contributed by atoms with Gasteiger partial charge in [0.25, 0.3) is 0 Å². The molecule has 35 heavy (non-hydrogen) atoms. The highest BCUT2D eigenvalue weighted by Crippen LogP contribution is 2.16. The number of hydrogen-bond donors (Lipinski definition) is 0. The van der Waals surface area contributed by atoms with E-state index in [0.29, 0.717) is 12.1 Å². The van der Waals surface area contributed by atoms with Gasteiger partial charge in [-0.3, -0.25) is 0 Å². The lowest BCUT2D eigenvalue weighted by atomic mass is 10.0. The van der Waals surface area contributed by atoms with E-state index in [1.165, 1.54) is 49.7 Å². The minimum atomic E-state index is 0.623. The third-order valence-electron chi connectivity index (χ3n) is 7.54. The molecule has 3 heteroatoms. The lowest BCUT2D eigenvalue weighted by Gasteiger charge is -2.31. The summed E-state index contributed by atoms with van der Waals surface area (Å²) in [5, 5.41) is 0. The average molecular weight is 481 g/mol. The molecule has 2 atom stereocenters. The molecule has 0 aromatic heterocycles. The van der Waals surface area contributed by atoms with E-state index in [1.807, 2.05) is 0 Å². The molecule has 2 unspecified atom stereocenters. The smallest absolute Gasteiger partial charge is 0.0480 e. The molecular formula is C32H52N2O. The second-order valence-electron chi connectivity index (χ2n) is 9.70. The Labute approximate surface area is 216 Å². The third-order valence-corrected chi connectivity index (χ3v) is 7.54. The van der Waals surface area contributed by atoms with E-state index in [9.17, 15) is 0 Å². The Kier molecular flexibility index (Phi) is 15.7. The second-order valence-corrected chi connectivity index (χ2v) is 9.70. The van der Waals surface area contributed by atoms with Gasteiger partial charge in [0, 0.05) is 25.3 Å². The van der Waals surface area contributed by atoms with Gasteiger partial charge in [-0.05, 0) is 88.7 Å². The zero-order valence-corrected chi connectivity index (χ0v) is 23.1. The van der Waals surface area contributed by atoms with Crippen LogP contribution in [0.15, 0.2) is 60.7 Å². The van der Waals surface area contributed by atoms with Crippen LogP contribution in [0.1, 0.15) is 77.3 Å². The van der Waals surface area contributed by atoms with Crippen molar-refractivity contribution in [3.63, 3.8) is 0 Å². The SMILES string of the molecule is CCN(CC)C(CCCc1ccccc1)CCOCCC(CCCc1ccccc1)N(CC)CC. The number of aryl methyl sites for hydroxylation is 2. The van der Waals surface area contributed by atoms with E-state index in [-0.39, 0.29) is 0 Å². The van der Waals surface area contributed by atoms with Gasteiger partial charge in [0.05, 0.1) is 0 Å². The quantitative estimate of drug-likeness (QED) is 0.186.